The largest absolute Gasteiger partial charge is 0.378 e. The van der Waals surface area contributed by atoms with E-state index in [1.165, 1.54) is 0 Å². The molecular weight excluding hydrogens is 318 g/mol. The summed E-state index contributed by atoms with van der Waals surface area (Å²) in [5.41, 5.74) is 0.805. The summed E-state index contributed by atoms with van der Waals surface area (Å²) in [6.45, 7) is 7.40. The molecule has 0 saturated carbocycles. The molecule has 1 aromatic rings. The van der Waals surface area contributed by atoms with Crippen molar-refractivity contribution in [2.24, 2.45) is 0 Å². The van der Waals surface area contributed by atoms with Gasteiger partial charge in [-0.25, -0.2) is 0 Å². The third-order valence-electron chi connectivity index (χ3n) is 3.12. The van der Waals surface area contributed by atoms with Crippen LogP contribution < -0.4 is 16.0 Å². The van der Waals surface area contributed by atoms with Gasteiger partial charge in [0.25, 0.3) is 5.91 Å². The average molecular weight is 342 g/mol. The van der Waals surface area contributed by atoms with Crippen molar-refractivity contribution in [1.82, 2.24) is 10.6 Å². The molecule has 1 aromatic carbocycles. The van der Waals surface area contributed by atoms with Crippen LogP contribution in [0.2, 0.25) is 0 Å². The van der Waals surface area contributed by atoms with Crippen LogP contribution >= 0.6 is 12.4 Å². The lowest BCUT2D eigenvalue weighted by molar-refractivity contribution is -0.120. The molecule has 3 N–H and O–H groups in total. The second-order valence-electron chi connectivity index (χ2n) is 6.36. The molecule has 23 heavy (non-hydrogen) atoms. The number of carbonyl (C=O) groups is 2. The van der Waals surface area contributed by atoms with Crippen LogP contribution in [0.25, 0.3) is 0 Å². The molecule has 1 heterocycles. The highest BCUT2D eigenvalue weighted by molar-refractivity contribution is 5.98. The summed E-state index contributed by atoms with van der Waals surface area (Å²) in [7, 11) is 0. The molecule has 2 amide bonds. The van der Waals surface area contributed by atoms with Crippen molar-refractivity contribution in [2.75, 3.05) is 25.1 Å². The summed E-state index contributed by atoms with van der Waals surface area (Å²) >= 11 is 0. The molecule has 7 heteroatoms. The number of nitrogens with one attached hydrogen (secondary N) is 3. The Morgan fingerprint density at radius 2 is 2.04 bits per heavy atom. The van der Waals surface area contributed by atoms with E-state index in [0.29, 0.717) is 31.0 Å². The quantitative estimate of drug-likeness (QED) is 0.779. The van der Waals surface area contributed by atoms with E-state index in [2.05, 4.69) is 16.0 Å². The van der Waals surface area contributed by atoms with Gasteiger partial charge in [-0.15, -0.1) is 12.4 Å². The fourth-order valence-electron chi connectivity index (χ4n) is 2.11. The van der Waals surface area contributed by atoms with Crippen molar-refractivity contribution >= 4 is 29.9 Å². The molecule has 1 aliphatic rings. The van der Waals surface area contributed by atoms with E-state index in [0.717, 1.165) is 0 Å². The minimum atomic E-state index is -0.360. The molecule has 2 rings (SSSR count). The minimum absolute atomic E-state index is 0. The van der Waals surface area contributed by atoms with Crippen molar-refractivity contribution < 1.29 is 14.3 Å². The Labute approximate surface area is 142 Å². The van der Waals surface area contributed by atoms with Gasteiger partial charge in [0.15, 0.2) is 0 Å². The standard InChI is InChI=1S/C16H23N3O3.ClH/c1-16(2,3)19-14(20)11-5-4-6-12(9-11)18-15(21)13-10-22-8-7-17-13;/h4-6,9,13,17H,7-8,10H2,1-3H3,(H,18,21)(H,19,20);1H. The van der Waals surface area contributed by atoms with E-state index >= 15 is 0 Å². The molecule has 1 aliphatic heterocycles. The predicted molar refractivity (Wildman–Crippen MR) is 92.1 cm³/mol. The third-order valence-corrected chi connectivity index (χ3v) is 3.12. The van der Waals surface area contributed by atoms with Crippen molar-refractivity contribution in [3.05, 3.63) is 29.8 Å². The van der Waals surface area contributed by atoms with E-state index < -0.39 is 0 Å². The summed E-state index contributed by atoms with van der Waals surface area (Å²) < 4.78 is 5.27. The number of amides is 2. The smallest absolute Gasteiger partial charge is 0.251 e. The van der Waals surface area contributed by atoms with Gasteiger partial charge in [0.2, 0.25) is 5.91 Å². The summed E-state index contributed by atoms with van der Waals surface area (Å²) in [5, 5.41) is 8.79. The molecule has 0 aliphatic carbocycles. The second-order valence-corrected chi connectivity index (χ2v) is 6.36. The maximum atomic E-state index is 12.1. The molecule has 1 unspecified atom stereocenters. The lowest BCUT2D eigenvalue weighted by Crippen LogP contribution is -2.48. The van der Waals surface area contributed by atoms with Crippen molar-refractivity contribution in [3.8, 4) is 0 Å². The SMILES string of the molecule is CC(C)(C)NC(=O)c1cccc(NC(=O)C2COCCN2)c1.Cl. The van der Waals surface area contributed by atoms with Gasteiger partial charge in [-0.2, -0.15) is 0 Å². The van der Waals surface area contributed by atoms with Crippen molar-refractivity contribution in [2.45, 2.75) is 32.4 Å². The van der Waals surface area contributed by atoms with Crippen molar-refractivity contribution in [3.63, 3.8) is 0 Å². The van der Waals surface area contributed by atoms with Gasteiger partial charge in [0, 0.05) is 23.3 Å². The van der Waals surface area contributed by atoms with Crippen LogP contribution in [0.1, 0.15) is 31.1 Å². The number of benzene rings is 1. The van der Waals surface area contributed by atoms with Crippen molar-refractivity contribution in [1.29, 1.82) is 0 Å². The fraction of sp³-hybridized carbons (Fsp3) is 0.500. The van der Waals surface area contributed by atoms with Crippen LogP contribution in [0.15, 0.2) is 24.3 Å². The van der Waals surface area contributed by atoms with E-state index in [9.17, 15) is 9.59 Å². The number of ether oxygens (including phenoxy) is 1. The first kappa shape index (κ1) is 19.4. The Kier molecular flexibility index (Phi) is 7.00. The maximum absolute atomic E-state index is 12.1. The summed E-state index contributed by atoms with van der Waals surface area (Å²) in [5.74, 6) is -0.323. The molecule has 128 valence electrons. The summed E-state index contributed by atoms with van der Waals surface area (Å²) in [4.78, 5) is 24.3. The molecule has 0 aromatic heterocycles. The van der Waals surface area contributed by atoms with Crippen LogP contribution in [0.4, 0.5) is 5.69 Å². The van der Waals surface area contributed by atoms with Gasteiger partial charge < -0.3 is 20.7 Å². The Balaban J connectivity index is 0.00000264. The van der Waals surface area contributed by atoms with Gasteiger partial charge >= 0.3 is 0 Å². The molecule has 6 nitrogen and oxygen atoms in total. The number of halogens is 1. The molecular formula is C16H24ClN3O3. The monoisotopic (exact) mass is 341 g/mol. The first-order valence-corrected chi connectivity index (χ1v) is 7.40. The zero-order valence-corrected chi connectivity index (χ0v) is 14.5. The van der Waals surface area contributed by atoms with E-state index in [-0.39, 0.29) is 35.8 Å². The van der Waals surface area contributed by atoms with Gasteiger partial charge in [0.05, 0.1) is 13.2 Å². The molecule has 0 spiro atoms. The van der Waals surface area contributed by atoms with E-state index in [1.54, 1.807) is 24.3 Å². The summed E-state index contributed by atoms with van der Waals surface area (Å²) in [6, 6.07) is 6.54. The lowest BCUT2D eigenvalue weighted by atomic mass is 10.1. The molecule has 1 atom stereocenters. The zero-order valence-electron chi connectivity index (χ0n) is 13.6. The highest BCUT2D eigenvalue weighted by Gasteiger charge is 2.21. The van der Waals surface area contributed by atoms with E-state index in [1.807, 2.05) is 20.8 Å². The van der Waals surface area contributed by atoms with Crippen LogP contribution in [-0.2, 0) is 9.53 Å². The van der Waals surface area contributed by atoms with E-state index in [4.69, 9.17) is 4.74 Å². The number of rotatable bonds is 3. The molecule has 0 radical (unpaired) electrons. The topological polar surface area (TPSA) is 79.5 Å². The Morgan fingerprint density at radius 3 is 2.65 bits per heavy atom. The minimum Gasteiger partial charge on any atom is -0.378 e. The highest BCUT2D eigenvalue weighted by atomic mass is 35.5. The molecule has 1 saturated heterocycles. The average Bonchev–Trinajstić information content (AvgIpc) is 2.46. The van der Waals surface area contributed by atoms with Gasteiger partial charge in [-0.3, -0.25) is 9.59 Å². The van der Waals surface area contributed by atoms with Crippen LogP contribution in [0.3, 0.4) is 0 Å². The first-order chi connectivity index (χ1) is 10.3. The van der Waals surface area contributed by atoms with Gasteiger partial charge in [-0.05, 0) is 39.0 Å². The second kappa shape index (κ2) is 8.29. The first-order valence-electron chi connectivity index (χ1n) is 7.40. The number of hydrogen-bond donors (Lipinski definition) is 3. The number of hydrogen-bond acceptors (Lipinski definition) is 4. The number of morpholine rings is 1. The van der Waals surface area contributed by atoms with Crippen LogP contribution in [0, 0.1) is 0 Å². The molecule has 1 fully saturated rings. The summed E-state index contributed by atoms with van der Waals surface area (Å²) in [6.07, 6.45) is 0. The Bertz CT molecular complexity index is 552. The Hall–Kier alpha value is -1.63. The third kappa shape index (κ3) is 6.17. The maximum Gasteiger partial charge on any atom is 0.251 e. The zero-order chi connectivity index (χ0) is 16.2. The number of carbonyl (C=O) groups excluding carboxylic acids is 2. The van der Waals surface area contributed by atoms with Gasteiger partial charge in [0.1, 0.15) is 6.04 Å². The fourth-order valence-corrected chi connectivity index (χ4v) is 2.11. The molecule has 0 bridgehead atoms. The van der Waals surface area contributed by atoms with Crippen LogP contribution in [-0.4, -0.2) is 43.2 Å². The predicted octanol–water partition coefficient (Wildman–Crippen LogP) is 1.56. The Morgan fingerprint density at radius 1 is 1.30 bits per heavy atom. The lowest BCUT2D eigenvalue weighted by Gasteiger charge is -2.23. The number of anilines is 1. The highest BCUT2D eigenvalue weighted by Crippen LogP contribution is 2.13. The van der Waals surface area contributed by atoms with Crippen LogP contribution in [0.5, 0.6) is 0 Å². The normalized spacial score (nSPS) is 17.8. The van der Waals surface area contributed by atoms with Gasteiger partial charge in [-0.1, -0.05) is 6.07 Å².